The lowest BCUT2D eigenvalue weighted by atomic mass is 10.1. The van der Waals surface area contributed by atoms with Gasteiger partial charge >= 0.3 is 0 Å². The van der Waals surface area contributed by atoms with Crippen LogP contribution in [-0.4, -0.2) is 29.6 Å². The summed E-state index contributed by atoms with van der Waals surface area (Å²) in [4.78, 5) is 2.59. The van der Waals surface area contributed by atoms with E-state index in [0.29, 0.717) is 12.1 Å². The lowest BCUT2D eigenvalue weighted by Crippen LogP contribution is -2.38. The van der Waals surface area contributed by atoms with Crippen molar-refractivity contribution in [1.82, 2.24) is 4.90 Å². The van der Waals surface area contributed by atoms with Crippen molar-refractivity contribution in [2.45, 2.75) is 58.2 Å². The van der Waals surface area contributed by atoms with Crippen LogP contribution in [0.4, 0.5) is 0 Å². The average molecular weight is 170 g/mol. The monoisotopic (exact) mass is 170 g/mol. The Kier molecular flexibility index (Phi) is 3.53. The van der Waals surface area contributed by atoms with E-state index in [0.717, 1.165) is 12.5 Å². The molecule has 2 N–H and O–H groups in total. The van der Waals surface area contributed by atoms with E-state index >= 15 is 0 Å². The molecule has 0 unspecified atom stereocenters. The summed E-state index contributed by atoms with van der Waals surface area (Å²) in [6, 6.07) is 1.80. The molecule has 0 aromatic rings. The fourth-order valence-corrected chi connectivity index (χ4v) is 2.22. The minimum atomic E-state index is 0.356. The van der Waals surface area contributed by atoms with Crippen molar-refractivity contribution in [2.75, 3.05) is 6.54 Å². The molecule has 0 aromatic heterocycles. The first-order valence-electron chi connectivity index (χ1n) is 5.12. The number of rotatable bonds is 3. The maximum Gasteiger partial charge on any atom is 0.0113 e. The van der Waals surface area contributed by atoms with Gasteiger partial charge in [-0.2, -0.15) is 0 Å². The van der Waals surface area contributed by atoms with Gasteiger partial charge in [-0.05, 0) is 46.6 Å². The summed E-state index contributed by atoms with van der Waals surface area (Å²) in [5, 5.41) is 0. The number of nitrogens with two attached hydrogens (primary N) is 1. The van der Waals surface area contributed by atoms with Crippen molar-refractivity contribution in [3.63, 3.8) is 0 Å². The van der Waals surface area contributed by atoms with Gasteiger partial charge in [0.15, 0.2) is 0 Å². The second kappa shape index (κ2) is 4.24. The second-order valence-electron chi connectivity index (χ2n) is 4.34. The Hall–Kier alpha value is -0.0800. The van der Waals surface area contributed by atoms with Gasteiger partial charge in [0, 0.05) is 18.1 Å². The first-order chi connectivity index (χ1) is 5.61. The molecule has 1 heterocycles. The zero-order valence-electron chi connectivity index (χ0n) is 8.59. The summed E-state index contributed by atoms with van der Waals surface area (Å²) in [7, 11) is 0. The third-order valence-corrected chi connectivity index (χ3v) is 2.73. The normalized spacial score (nSPS) is 28.2. The molecule has 1 aliphatic rings. The molecule has 0 aliphatic carbocycles. The minimum Gasteiger partial charge on any atom is -0.328 e. The standard InChI is InChI=1S/C10H22N2/c1-8(2)12-6-4-5-10(12)7-9(3)11/h8-10H,4-7,11H2,1-3H3/t9-,10-/m1/s1. The van der Waals surface area contributed by atoms with Crippen LogP contribution in [0.1, 0.15) is 40.0 Å². The van der Waals surface area contributed by atoms with E-state index in [-0.39, 0.29) is 0 Å². The van der Waals surface area contributed by atoms with Gasteiger partial charge in [0.05, 0.1) is 0 Å². The lowest BCUT2D eigenvalue weighted by Gasteiger charge is -2.29. The largest absolute Gasteiger partial charge is 0.328 e. The summed E-state index contributed by atoms with van der Waals surface area (Å²) in [6.07, 6.45) is 3.87. The highest BCUT2D eigenvalue weighted by Crippen LogP contribution is 2.22. The molecule has 0 saturated carbocycles. The van der Waals surface area contributed by atoms with Crippen LogP contribution in [0.3, 0.4) is 0 Å². The average Bonchev–Trinajstić information content (AvgIpc) is 2.33. The molecule has 2 atom stereocenters. The van der Waals surface area contributed by atoms with Crippen LogP contribution >= 0.6 is 0 Å². The summed E-state index contributed by atoms with van der Waals surface area (Å²) in [5.41, 5.74) is 5.81. The summed E-state index contributed by atoms with van der Waals surface area (Å²) in [6.45, 7) is 7.94. The van der Waals surface area contributed by atoms with Gasteiger partial charge in [0.25, 0.3) is 0 Å². The molecule has 12 heavy (non-hydrogen) atoms. The number of hydrogen-bond donors (Lipinski definition) is 1. The molecule has 0 bridgehead atoms. The van der Waals surface area contributed by atoms with Crippen LogP contribution < -0.4 is 5.73 Å². The van der Waals surface area contributed by atoms with Crippen molar-refractivity contribution in [1.29, 1.82) is 0 Å². The Balaban J connectivity index is 2.41. The molecule has 0 radical (unpaired) electrons. The lowest BCUT2D eigenvalue weighted by molar-refractivity contribution is 0.190. The van der Waals surface area contributed by atoms with Gasteiger partial charge in [-0.3, -0.25) is 4.90 Å². The highest BCUT2D eigenvalue weighted by Gasteiger charge is 2.26. The topological polar surface area (TPSA) is 29.3 Å². The van der Waals surface area contributed by atoms with Gasteiger partial charge in [0.2, 0.25) is 0 Å². The Morgan fingerprint density at radius 1 is 1.42 bits per heavy atom. The number of hydrogen-bond acceptors (Lipinski definition) is 2. The molecule has 0 aromatic carbocycles. The molecule has 1 fully saturated rings. The summed E-state index contributed by atoms with van der Waals surface area (Å²) >= 11 is 0. The Morgan fingerprint density at radius 2 is 2.08 bits per heavy atom. The van der Waals surface area contributed by atoms with E-state index in [1.165, 1.54) is 19.4 Å². The maximum absolute atomic E-state index is 5.81. The molecular weight excluding hydrogens is 148 g/mol. The van der Waals surface area contributed by atoms with Crippen LogP contribution in [0.25, 0.3) is 0 Å². The zero-order valence-corrected chi connectivity index (χ0v) is 8.59. The molecule has 1 saturated heterocycles. The van der Waals surface area contributed by atoms with E-state index in [4.69, 9.17) is 5.73 Å². The third kappa shape index (κ3) is 2.46. The van der Waals surface area contributed by atoms with E-state index in [1.54, 1.807) is 0 Å². The minimum absolute atomic E-state index is 0.356. The number of nitrogens with zero attached hydrogens (tertiary/aromatic N) is 1. The smallest absolute Gasteiger partial charge is 0.0113 e. The van der Waals surface area contributed by atoms with Crippen LogP contribution in [-0.2, 0) is 0 Å². The quantitative estimate of drug-likeness (QED) is 0.697. The van der Waals surface area contributed by atoms with E-state index in [9.17, 15) is 0 Å². The molecule has 72 valence electrons. The highest BCUT2D eigenvalue weighted by atomic mass is 15.2. The van der Waals surface area contributed by atoms with E-state index < -0.39 is 0 Å². The fourth-order valence-electron chi connectivity index (χ4n) is 2.22. The van der Waals surface area contributed by atoms with Gasteiger partial charge in [-0.1, -0.05) is 0 Å². The van der Waals surface area contributed by atoms with Crippen LogP contribution in [0.15, 0.2) is 0 Å². The van der Waals surface area contributed by atoms with Crippen molar-refractivity contribution in [3.05, 3.63) is 0 Å². The Bertz CT molecular complexity index is 132. The fraction of sp³-hybridized carbons (Fsp3) is 1.00. The predicted octanol–water partition coefficient (Wildman–Crippen LogP) is 1.60. The summed E-state index contributed by atoms with van der Waals surface area (Å²) in [5.74, 6) is 0. The zero-order chi connectivity index (χ0) is 9.14. The molecule has 2 heteroatoms. The second-order valence-corrected chi connectivity index (χ2v) is 4.34. The molecule has 1 aliphatic heterocycles. The van der Waals surface area contributed by atoms with Gasteiger partial charge in [-0.15, -0.1) is 0 Å². The highest BCUT2D eigenvalue weighted by molar-refractivity contribution is 4.83. The first-order valence-corrected chi connectivity index (χ1v) is 5.12. The van der Waals surface area contributed by atoms with Gasteiger partial charge in [0.1, 0.15) is 0 Å². The van der Waals surface area contributed by atoms with E-state index in [1.807, 2.05) is 0 Å². The van der Waals surface area contributed by atoms with Crippen molar-refractivity contribution in [3.8, 4) is 0 Å². The SMILES string of the molecule is CC(C)N1CCC[C@@H]1C[C@@H](C)N. The molecular formula is C10H22N2. The van der Waals surface area contributed by atoms with Crippen molar-refractivity contribution in [2.24, 2.45) is 5.73 Å². The third-order valence-electron chi connectivity index (χ3n) is 2.73. The van der Waals surface area contributed by atoms with Crippen LogP contribution in [0.5, 0.6) is 0 Å². The summed E-state index contributed by atoms with van der Waals surface area (Å²) < 4.78 is 0. The van der Waals surface area contributed by atoms with Gasteiger partial charge in [-0.25, -0.2) is 0 Å². The number of likely N-dealkylation sites (tertiary alicyclic amines) is 1. The maximum atomic E-state index is 5.81. The van der Waals surface area contributed by atoms with Crippen molar-refractivity contribution < 1.29 is 0 Å². The van der Waals surface area contributed by atoms with Crippen LogP contribution in [0, 0.1) is 0 Å². The Morgan fingerprint density at radius 3 is 2.58 bits per heavy atom. The molecule has 1 rings (SSSR count). The molecule has 2 nitrogen and oxygen atoms in total. The Labute approximate surface area is 76.1 Å². The molecule has 0 amide bonds. The van der Waals surface area contributed by atoms with Gasteiger partial charge < -0.3 is 5.73 Å². The van der Waals surface area contributed by atoms with Crippen molar-refractivity contribution >= 4 is 0 Å². The van der Waals surface area contributed by atoms with E-state index in [2.05, 4.69) is 25.7 Å². The predicted molar refractivity (Wildman–Crippen MR) is 53.1 cm³/mol. The van der Waals surface area contributed by atoms with Crippen LogP contribution in [0.2, 0.25) is 0 Å². The molecule has 0 spiro atoms. The first kappa shape index (κ1) is 10.0.